The van der Waals surface area contributed by atoms with Gasteiger partial charge in [0, 0.05) is 19.3 Å². The van der Waals surface area contributed by atoms with E-state index in [0.717, 1.165) is 63.7 Å². The third kappa shape index (κ3) is 45.5. The van der Waals surface area contributed by atoms with Crippen LogP contribution in [0.5, 0.6) is 0 Å². The van der Waals surface area contributed by atoms with E-state index < -0.39 is 6.10 Å². The van der Waals surface area contributed by atoms with Crippen LogP contribution in [0.4, 0.5) is 0 Å². The summed E-state index contributed by atoms with van der Waals surface area (Å²) in [5, 5.41) is 0. The van der Waals surface area contributed by atoms with Gasteiger partial charge in [-0.2, -0.15) is 0 Å². The quantitative estimate of drug-likeness (QED) is 0.0346. The summed E-state index contributed by atoms with van der Waals surface area (Å²) in [4.78, 5) is 37.9. The van der Waals surface area contributed by atoms with Crippen LogP contribution in [0, 0.1) is 5.92 Å². The molecule has 0 aromatic rings. The first kappa shape index (κ1) is 56.4. The highest BCUT2D eigenvalue weighted by molar-refractivity contribution is 5.71. The van der Waals surface area contributed by atoms with Crippen molar-refractivity contribution in [1.29, 1.82) is 0 Å². The van der Waals surface area contributed by atoms with Crippen molar-refractivity contribution in [3.05, 3.63) is 0 Å². The van der Waals surface area contributed by atoms with Crippen LogP contribution in [0.3, 0.4) is 0 Å². The van der Waals surface area contributed by atoms with E-state index in [1.54, 1.807) is 0 Å². The molecular weight excluding hydrogens is 721 g/mol. The minimum atomic E-state index is -0.760. The smallest absolute Gasteiger partial charge is 0.306 e. The monoisotopic (exact) mass is 821 g/mol. The van der Waals surface area contributed by atoms with Crippen LogP contribution >= 0.6 is 0 Å². The van der Waals surface area contributed by atoms with Gasteiger partial charge in [0.1, 0.15) is 13.2 Å². The Morgan fingerprint density at radius 1 is 0.328 bits per heavy atom. The predicted molar refractivity (Wildman–Crippen MR) is 247 cm³/mol. The fourth-order valence-corrected chi connectivity index (χ4v) is 7.86. The van der Waals surface area contributed by atoms with Crippen LogP contribution in [-0.4, -0.2) is 37.2 Å². The fourth-order valence-electron chi connectivity index (χ4n) is 7.86. The molecule has 0 aliphatic rings. The van der Waals surface area contributed by atoms with Gasteiger partial charge in [0.2, 0.25) is 0 Å². The van der Waals surface area contributed by atoms with Crippen molar-refractivity contribution < 1.29 is 28.6 Å². The van der Waals surface area contributed by atoms with E-state index in [-0.39, 0.29) is 31.1 Å². The lowest BCUT2D eigenvalue weighted by Gasteiger charge is -2.18. The van der Waals surface area contributed by atoms with Gasteiger partial charge in [-0.15, -0.1) is 0 Å². The van der Waals surface area contributed by atoms with Crippen LogP contribution in [-0.2, 0) is 28.6 Å². The largest absolute Gasteiger partial charge is 0.462 e. The molecule has 0 rings (SSSR count). The third-order valence-corrected chi connectivity index (χ3v) is 11.8. The Labute approximate surface area is 361 Å². The minimum absolute atomic E-state index is 0.0630. The second kappa shape index (κ2) is 46.5. The zero-order valence-electron chi connectivity index (χ0n) is 39.5. The molecule has 58 heavy (non-hydrogen) atoms. The van der Waals surface area contributed by atoms with Crippen molar-refractivity contribution in [3.63, 3.8) is 0 Å². The Morgan fingerprint density at radius 3 is 0.845 bits per heavy atom. The molecule has 6 heteroatoms. The van der Waals surface area contributed by atoms with Gasteiger partial charge in [0.05, 0.1) is 0 Å². The molecule has 0 heterocycles. The van der Waals surface area contributed by atoms with E-state index in [2.05, 4.69) is 27.7 Å². The fraction of sp³-hybridized carbons (Fsp3) is 0.942. The second-order valence-electron chi connectivity index (χ2n) is 18.3. The lowest BCUT2D eigenvalue weighted by atomic mass is 10.0. The molecule has 0 fully saturated rings. The standard InChI is InChI=1S/C52H100O6/c1-5-7-9-11-13-15-17-19-20-21-22-24-28-33-37-41-45-52(55)58-49(46-56-50(53)43-39-35-31-27-23-18-16-14-12-10-8-6-2)47-57-51(54)44-40-36-32-29-25-26-30-34-38-42-48(3)4/h48-49H,5-47H2,1-4H3/t49-/m1/s1. The van der Waals surface area contributed by atoms with Gasteiger partial charge >= 0.3 is 17.9 Å². The lowest BCUT2D eigenvalue weighted by Crippen LogP contribution is -2.30. The van der Waals surface area contributed by atoms with Crippen LogP contribution in [0.15, 0.2) is 0 Å². The molecule has 0 amide bonds. The van der Waals surface area contributed by atoms with Gasteiger partial charge in [0.25, 0.3) is 0 Å². The topological polar surface area (TPSA) is 78.9 Å². The van der Waals surface area contributed by atoms with Crippen molar-refractivity contribution in [1.82, 2.24) is 0 Å². The summed E-state index contributed by atoms with van der Waals surface area (Å²) in [6, 6.07) is 0. The zero-order chi connectivity index (χ0) is 42.4. The van der Waals surface area contributed by atoms with Crippen molar-refractivity contribution >= 4 is 17.9 Å². The molecular formula is C52H100O6. The van der Waals surface area contributed by atoms with Crippen LogP contribution < -0.4 is 0 Å². The predicted octanol–water partition coefficient (Wildman–Crippen LogP) is 16.7. The van der Waals surface area contributed by atoms with Gasteiger partial charge in [-0.3, -0.25) is 14.4 Å². The lowest BCUT2D eigenvalue weighted by molar-refractivity contribution is -0.167. The maximum atomic E-state index is 12.8. The van der Waals surface area contributed by atoms with E-state index in [9.17, 15) is 14.4 Å². The summed E-state index contributed by atoms with van der Waals surface area (Å²) < 4.78 is 16.8. The first-order chi connectivity index (χ1) is 28.4. The van der Waals surface area contributed by atoms with Gasteiger partial charge in [-0.05, 0) is 25.2 Å². The zero-order valence-corrected chi connectivity index (χ0v) is 39.5. The molecule has 0 aromatic carbocycles. The molecule has 0 aromatic heterocycles. The summed E-state index contributed by atoms with van der Waals surface area (Å²) in [6.07, 6.45) is 48.0. The first-order valence-electron chi connectivity index (χ1n) is 25.9. The summed E-state index contributed by atoms with van der Waals surface area (Å²) in [5.74, 6) is -0.0367. The van der Waals surface area contributed by atoms with Crippen LogP contribution in [0.25, 0.3) is 0 Å². The Kier molecular flexibility index (Phi) is 45.2. The number of unbranched alkanes of at least 4 members (excludes halogenated alkanes) is 34. The number of hydrogen-bond donors (Lipinski definition) is 0. The summed E-state index contributed by atoms with van der Waals surface area (Å²) in [5.41, 5.74) is 0. The minimum Gasteiger partial charge on any atom is -0.462 e. The molecule has 0 saturated carbocycles. The average Bonchev–Trinajstić information content (AvgIpc) is 3.21. The second-order valence-corrected chi connectivity index (χ2v) is 18.3. The van der Waals surface area contributed by atoms with Gasteiger partial charge in [0.15, 0.2) is 6.10 Å². The van der Waals surface area contributed by atoms with Crippen molar-refractivity contribution in [3.8, 4) is 0 Å². The van der Waals surface area contributed by atoms with Gasteiger partial charge in [-0.1, -0.05) is 252 Å². The molecule has 0 spiro atoms. The van der Waals surface area contributed by atoms with Crippen LogP contribution in [0.1, 0.15) is 291 Å². The number of hydrogen-bond acceptors (Lipinski definition) is 6. The first-order valence-corrected chi connectivity index (χ1v) is 25.9. The number of carbonyl (C=O) groups is 3. The molecule has 0 aliphatic heterocycles. The maximum absolute atomic E-state index is 12.8. The Bertz CT molecular complexity index is 872. The van der Waals surface area contributed by atoms with Crippen molar-refractivity contribution in [2.45, 2.75) is 297 Å². The molecule has 0 N–H and O–H groups in total. The molecule has 0 radical (unpaired) electrons. The van der Waals surface area contributed by atoms with E-state index in [1.807, 2.05) is 0 Å². The highest BCUT2D eigenvalue weighted by atomic mass is 16.6. The number of ether oxygens (including phenoxy) is 3. The SMILES string of the molecule is CCCCCCCCCCCCCCCCCCC(=O)O[C@H](COC(=O)CCCCCCCCCCCCCC)COC(=O)CCCCCCCCCCCC(C)C. The summed E-state index contributed by atoms with van der Waals surface area (Å²) >= 11 is 0. The third-order valence-electron chi connectivity index (χ3n) is 11.8. The summed E-state index contributed by atoms with van der Waals surface area (Å²) in [6.45, 7) is 9.00. The normalized spacial score (nSPS) is 11.9. The van der Waals surface area contributed by atoms with Gasteiger partial charge < -0.3 is 14.2 Å². The van der Waals surface area contributed by atoms with Crippen molar-refractivity contribution in [2.75, 3.05) is 13.2 Å². The number of esters is 3. The Balaban J connectivity index is 4.30. The molecule has 0 unspecified atom stereocenters. The van der Waals surface area contributed by atoms with Crippen LogP contribution in [0.2, 0.25) is 0 Å². The van der Waals surface area contributed by atoms with Crippen molar-refractivity contribution in [2.24, 2.45) is 5.92 Å². The number of rotatable bonds is 47. The molecule has 1 atom stereocenters. The number of carbonyl (C=O) groups excluding carboxylic acids is 3. The Morgan fingerprint density at radius 2 is 0.569 bits per heavy atom. The molecule has 0 bridgehead atoms. The molecule has 0 aliphatic carbocycles. The van der Waals surface area contributed by atoms with E-state index >= 15 is 0 Å². The average molecular weight is 821 g/mol. The molecule has 6 nitrogen and oxygen atoms in total. The highest BCUT2D eigenvalue weighted by Gasteiger charge is 2.19. The molecule has 0 saturated heterocycles. The summed E-state index contributed by atoms with van der Waals surface area (Å²) in [7, 11) is 0. The maximum Gasteiger partial charge on any atom is 0.306 e. The van der Waals surface area contributed by atoms with Gasteiger partial charge in [-0.25, -0.2) is 0 Å². The van der Waals surface area contributed by atoms with E-state index in [0.29, 0.717) is 19.3 Å². The highest BCUT2D eigenvalue weighted by Crippen LogP contribution is 2.17. The Hall–Kier alpha value is -1.59. The van der Waals surface area contributed by atoms with E-state index in [4.69, 9.17) is 14.2 Å². The van der Waals surface area contributed by atoms with E-state index in [1.165, 1.54) is 186 Å². The molecule has 344 valence electrons.